The van der Waals surface area contributed by atoms with Crippen LogP contribution in [0.1, 0.15) is 38.7 Å². The van der Waals surface area contributed by atoms with Crippen LogP contribution in [-0.4, -0.2) is 33.8 Å². The first-order valence-electron chi connectivity index (χ1n) is 8.30. The predicted molar refractivity (Wildman–Crippen MR) is 93.7 cm³/mol. The van der Waals surface area contributed by atoms with Gasteiger partial charge < -0.3 is 10.6 Å². The van der Waals surface area contributed by atoms with Crippen molar-refractivity contribution in [1.29, 1.82) is 0 Å². The van der Waals surface area contributed by atoms with Crippen LogP contribution in [0.2, 0.25) is 0 Å². The van der Waals surface area contributed by atoms with Gasteiger partial charge in [0.05, 0.1) is 6.54 Å². The lowest BCUT2D eigenvalue weighted by Gasteiger charge is -2.11. The molecule has 0 atom stereocenters. The summed E-state index contributed by atoms with van der Waals surface area (Å²) in [5.41, 5.74) is 1.11. The molecule has 6 heteroatoms. The topological polar surface area (TPSA) is 67.1 Å². The van der Waals surface area contributed by atoms with Crippen LogP contribution in [0.4, 0.5) is 0 Å². The van der Waals surface area contributed by atoms with E-state index < -0.39 is 0 Å². The number of hydrogen-bond donors (Lipinski definition) is 2. The molecule has 2 aromatic rings. The number of aliphatic imine (C=N–C) groups is 1. The Morgan fingerprint density at radius 2 is 2.13 bits per heavy atom. The zero-order chi connectivity index (χ0) is 16.3. The smallest absolute Gasteiger partial charge is 0.191 e. The summed E-state index contributed by atoms with van der Waals surface area (Å²) in [7, 11) is 0. The molecule has 23 heavy (non-hydrogen) atoms. The van der Waals surface area contributed by atoms with Crippen LogP contribution >= 0.6 is 0 Å². The van der Waals surface area contributed by atoms with Gasteiger partial charge in [0.2, 0.25) is 0 Å². The maximum atomic E-state index is 4.64. The molecule has 0 aliphatic carbocycles. The van der Waals surface area contributed by atoms with Gasteiger partial charge >= 0.3 is 0 Å². The Balaban J connectivity index is 1.96. The molecular weight excluding hydrogens is 288 g/mol. The maximum absolute atomic E-state index is 4.64. The summed E-state index contributed by atoms with van der Waals surface area (Å²) in [6.45, 7) is 6.70. The molecule has 2 aromatic heterocycles. The second-order valence-electron chi connectivity index (χ2n) is 5.30. The minimum atomic E-state index is 0.611. The number of guanidine groups is 1. The summed E-state index contributed by atoms with van der Waals surface area (Å²) >= 11 is 0. The summed E-state index contributed by atoms with van der Waals surface area (Å²) < 4.78 is 1.75. The summed E-state index contributed by atoms with van der Waals surface area (Å²) in [6, 6.07) is 5.88. The molecule has 0 aromatic carbocycles. The Bertz CT molecular complexity index is 591. The highest BCUT2D eigenvalue weighted by atomic mass is 15.3. The summed E-state index contributed by atoms with van der Waals surface area (Å²) in [4.78, 5) is 8.98. The van der Waals surface area contributed by atoms with Crippen molar-refractivity contribution in [3.63, 3.8) is 0 Å². The maximum Gasteiger partial charge on any atom is 0.191 e. The Morgan fingerprint density at radius 1 is 1.22 bits per heavy atom. The molecule has 0 bridgehead atoms. The van der Waals surface area contributed by atoms with E-state index in [0.29, 0.717) is 6.54 Å². The number of nitrogens with one attached hydrogen (secondary N) is 2. The molecule has 0 fully saturated rings. The molecular formula is C17H26N6. The molecule has 2 rings (SSSR count). The Kier molecular flexibility index (Phi) is 7.10. The fourth-order valence-corrected chi connectivity index (χ4v) is 2.18. The van der Waals surface area contributed by atoms with Gasteiger partial charge in [0.1, 0.15) is 0 Å². The quantitative estimate of drug-likeness (QED) is 0.446. The SMILES string of the molecule is CCCCCNC(=NCc1ccnc(-n2cccn2)c1)NCC. The first-order chi connectivity index (χ1) is 11.3. The van der Waals surface area contributed by atoms with Crippen LogP contribution in [0.25, 0.3) is 5.82 Å². The van der Waals surface area contributed by atoms with E-state index in [1.807, 2.05) is 24.4 Å². The van der Waals surface area contributed by atoms with E-state index in [9.17, 15) is 0 Å². The molecule has 2 heterocycles. The Morgan fingerprint density at radius 3 is 2.87 bits per heavy atom. The third-order valence-corrected chi connectivity index (χ3v) is 3.39. The van der Waals surface area contributed by atoms with Crippen LogP contribution in [0, 0.1) is 0 Å². The van der Waals surface area contributed by atoms with Crippen molar-refractivity contribution in [3.8, 4) is 5.82 Å². The number of unbranched alkanes of at least 4 members (excludes halogenated alkanes) is 2. The number of pyridine rings is 1. The van der Waals surface area contributed by atoms with Crippen LogP contribution in [0.15, 0.2) is 41.8 Å². The Hall–Kier alpha value is -2.37. The van der Waals surface area contributed by atoms with Gasteiger partial charge in [-0.1, -0.05) is 19.8 Å². The van der Waals surface area contributed by atoms with E-state index in [0.717, 1.165) is 30.4 Å². The molecule has 124 valence electrons. The van der Waals surface area contributed by atoms with E-state index in [-0.39, 0.29) is 0 Å². The lowest BCUT2D eigenvalue weighted by Crippen LogP contribution is -2.37. The van der Waals surface area contributed by atoms with Crippen LogP contribution in [0.5, 0.6) is 0 Å². The van der Waals surface area contributed by atoms with Gasteiger partial charge in [0.15, 0.2) is 11.8 Å². The molecule has 0 spiro atoms. The van der Waals surface area contributed by atoms with Crippen LogP contribution < -0.4 is 10.6 Å². The third-order valence-electron chi connectivity index (χ3n) is 3.39. The van der Waals surface area contributed by atoms with Gasteiger partial charge in [0.25, 0.3) is 0 Å². The van der Waals surface area contributed by atoms with E-state index in [2.05, 4.69) is 39.6 Å². The first-order valence-corrected chi connectivity index (χ1v) is 8.30. The molecule has 0 radical (unpaired) electrons. The lowest BCUT2D eigenvalue weighted by molar-refractivity contribution is 0.683. The summed E-state index contributed by atoms with van der Waals surface area (Å²) in [6.07, 6.45) is 9.06. The predicted octanol–water partition coefficient (Wildman–Crippen LogP) is 2.51. The number of aromatic nitrogens is 3. The molecule has 0 aliphatic rings. The van der Waals surface area contributed by atoms with Gasteiger partial charge in [-0.05, 0) is 37.1 Å². The molecule has 0 saturated heterocycles. The number of hydrogen-bond acceptors (Lipinski definition) is 3. The van der Waals surface area contributed by atoms with E-state index >= 15 is 0 Å². The zero-order valence-electron chi connectivity index (χ0n) is 14.0. The average molecular weight is 314 g/mol. The summed E-state index contributed by atoms with van der Waals surface area (Å²) in [5.74, 6) is 1.67. The van der Waals surface area contributed by atoms with Gasteiger partial charge in [-0.25, -0.2) is 14.7 Å². The van der Waals surface area contributed by atoms with Crippen molar-refractivity contribution in [2.24, 2.45) is 4.99 Å². The second-order valence-corrected chi connectivity index (χ2v) is 5.30. The van der Waals surface area contributed by atoms with Crippen molar-refractivity contribution in [2.75, 3.05) is 13.1 Å². The molecule has 0 aliphatic heterocycles. The van der Waals surface area contributed by atoms with Crippen molar-refractivity contribution in [2.45, 2.75) is 39.7 Å². The highest BCUT2D eigenvalue weighted by Gasteiger charge is 2.01. The highest BCUT2D eigenvalue weighted by molar-refractivity contribution is 5.79. The molecule has 6 nitrogen and oxygen atoms in total. The van der Waals surface area contributed by atoms with Crippen LogP contribution in [0.3, 0.4) is 0 Å². The van der Waals surface area contributed by atoms with Gasteiger partial charge in [-0.15, -0.1) is 0 Å². The average Bonchev–Trinajstić information content (AvgIpc) is 3.11. The largest absolute Gasteiger partial charge is 0.357 e. The van der Waals surface area contributed by atoms with Crippen molar-refractivity contribution in [1.82, 2.24) is 25.4 Å². The standard InChI is InChI=1S/C17H26N6/c1-3-5-6-9-20-17(18-4-2)21-14-15-8-11-19-16(13-15)23-12-7-10-22-23/h7-8,10-13H,3-6,9,14H2,1-2H3,(H2,18,20,21). The second kappa shape index (κ2) is 9.61. The Labute approximate surface area is 138 Å². The number of nitrogens with zero attached hydrogens (tertiary/aromatic N) is 4. The van der Waals surface area contributed by atoms with Crippen molar-refractivity contribution in [3.05, 3.63) is 42.4 Å². The normalized spacial score (nSPS) is 11.5. The molecule has 0 unspecified atom stereocenters. The minimum Gasteiger partial charge on any atom is -0.357 e. The fraction of sp³-hybridized carbons (Fsp3) is 0.471. The molecule has 0 amide bonds. The van der Waals surface area contributed by atoms with Crippen molar-refractivity contribution >= 4 is 5.96 Å². The molecule has 2 N–H and O–H groups in total. The third kappa shape index (κ3) is 5.73. The lowest BCUT2D eigenvalue weighted by atomic mass is 10.2. The van der Waals surface area contributed by atoms with E-state index in [1.54, 1.807) is 17.1 Å². The fourth-order valence-electron chi connectivity index (χ4n) is 2.18. The zero-order valence-corrected chi connectivity index (χ0v) is 14.0. The van der Waals surface area contributed by atoms with E-state index in [4.69, 9.17) is 0 Å². The highest BCUT2D eigenvalue weighted by Crippen LogP contribution is 2.07. The van der Waals surface area contributed by atoms with Crippen LogP contribution in [-0.2, 0) is 6.54 Å². The number of rotatable bonds is 8. The van der Waals surface area contributed by atoms with Gasteiger partial charge in [-0.3, -0.25) is 0 Å². The molecule has 0 saturated carbocycles. The monoisotopic (exact) mass is 314 g/mol. The summed E-state index contributed by atoms with van der Waals surface area (Å²) in [5, 5.41) is 10.9. The van der Waals surface area contributed by atoms with E-state index in [1.165, 1.54) is 19.3 Å². The minimum absolute atomic E-state index is 0.611. The first kappa shape index (κ1) is 17.0. The van der Waals surface area contributed by atoms with Crippen molar-refractivity contribution < 1.29 is 0 Å². The van der Waals surface area contributed by atoms with Gasteiger partial charge in [0, 0.05) is 31.7 Å². The van der Waals surface area contributed by atoms with Gasteiger partial charge in [-0.2, -0.15) is 5.10 Å².